The van der Waals surface area contributed by atoms with Gasteiger partial charge in [0.1, 0.15) is 0 Å². The molecule has 0 saturated heterocycles. The van der Waals surface area contributed by atoms with Crippen LogP contribution in [-0.4, -0.2) is 38.3 Å². The number of carbonyl (C=O) groups is 2. The number of thioether (sulfide) groups is 1. The van der Waals surface area contributed by atoms with Gasteiger partial charge in [-0.25, -0.2) is 0 Å². The van der Waals surface area contributed by atoms with Crippen LogP contribution in [-0.2, 0) is 20.1 Å². The predicted octanol–water partition coefficient (Wildman–Crippen LogP) is 1.64. The normalized spacial score (nSPS) is 10.1. The van der Waals surface area contributed by atoms with Crippen LogP contribution in [0.5, 0.6) is 0 Å². The topological polar surface area (TPSA) is 67.4 Å². The summed E-state index contributed by atoms with van der Waals surface area (Å²) in [5.74, 6) is 1.27. The smallest absolute Gasteiger partial charge is 0.306 e. The first-order valence-corrected chi connectivity index (χ1v) is 7.49. The van der Waals surface area contributed by atoms with Crippen molar-refractivity contribution in [2.45, 2.75) is 12.2 Å². The van der Waals surface area contributed by atoms with E-state index in [9.17, 15) is 9.59 Å². The Kier molecular flexibility index (Phi) is 7.75. The minimum Gasteiger partial charge on any atom is -0.469 e. The van der Waals surface area contributed by atoms with Gasteiger partial charge in [0, 0.05) is 17.2 Å². The zero-order valence-corrected chi connectivity index (χ0v) is 12.6. The average molecular weight is 296 g/mol. The molecule has 0 aliphatic carbocycles. The van der Waals surface area contributed by atoms with Crippen molar-refractivity contribution in [3.63, 3.8) is 0 Å². The molecule has 1 amide bonds. The molecule has 1 aromatic carbocycles. The number of carbonyl (C=O) groups excluding carboxylic acids is 2. The molecule has 0 atom stereocenters. The number of hydrogen-bond acceptors (Lipinski definition) is 5. The second kappa shape index (κ2) is 9.39. The number of amides is 1. The number of benzene rings is 1. The fraction of sp³-hybridized carbons (Fsp3) is 0.429. The van der Waals surface area contributed by atoms with E-state index < -0.39 is 0 Å². The molecular formula is C14H20N2O3S. The summed E-state index contributed by atoms with van der Waals surface area (Å²) >= 11 is 1.66. The SMILES string of the molecule is CNCC(=O)Nc1cccc(CSCCC(=O)OC)c1. The highest BCUT2D eigenvalue weighted by Crippen LogP contribution is 2.17. The van der Waals surface area contributed by atoms with Crippen molar-refractivity contribution in [2.75, 3.05) is 31.8 Å². The fourth-order valence-corrected chi connectivity index (χ4v) is 2.42. The molecule has 0 heterocycles. The second-order valence-electron chi connectivity index (χ2n) is 4.16. The van der Waals surface area contributed by atoms with E-state index in [4.69, 9.17) is 0 Å². The number of ether oxygens (including phenoxy) is 1. The average Bonchev–Trinajstić information content (AvgIpc) is 2.44. The number of esters is 1. The molecule has 0 fully saturated rings. The van der Waals surface area contributed by atoms with Crippen LogP contribution in [0, 0.1) is 0 Å². The lowest BCUT2D eigenvalue weighted by atomic mass is 10.2. The predicted molar refractivity (Wildman–Crippen MR) is 81.8 cm³/mol. The summed E-state index contributed by atoms with van der Waals surface area (Å²) in [4.78, 5) is 22.4. The van der Waals surface area contributed by atoms with Gasteiger partial charge in [0.15, 0.2) is 0 Å². The van der Waals surface area contributed by atoms with Gasteiger partial charge in [-0.3, -0.25) is 9.59 Å². The van der Waals surface area contributed by atoms with E-state index in [1.165, 1.54) is 7.11 Å². The number of rotatable bonds is 8. The van der Waals surface area contributed by atoms with Crippen LogP contribution in [0.25, 0.3) is 0 Å². The van der Waals surface area contributed by atoms with Crippen LogP contribution < -0.4 is 10.6 Å². The number of nitrogens with one attached hydrogen (secondary N) is 2. The Morgan fingerprint density at radius 3 is 2.85 bits per heavy atom. The second-order valence-corrected chi connectivity index (χ2v) is 5.26. The molecule has 2 N–H and O–H groups in total. The molecule has 0 saturated carbocycles. The summed E-state index contributed by atoms with van der Waals surface area (Å²) in [7, 11) is 3.12. The molecular weight excluding hydrogens is 276 g/mol. The Hall–Kier alpha value is -1.53. The minimum absolute atomic E-state index is 0.0667. The van der Waals surface area contributed by atoms with E-state index >= 15 is 0 Å². The highest BCUT2D eigenvalue weighted by atomic mass is 32.2. The lowest BCUT2D eigenvalue weighted by molar-refractivity contribution is -0.140. The van der Waals surface area contributed by atoms with E-state index in [1.807, 2.05) is 24.3 Å². The van der Waals surface area contributed by atoms with Gasteiger partial charge in [-0.05, 0) is 24.7 Å². The van der Waals surface area contributed by atoms with Crippen molar-refractivity contribution in [1.82, 2.24) is 5.32 Å². The number of hydrogen-bond donors (Lipinski definition) is 2. The molecule has 0 aliphatic heterocycles. The number of anilines is 1. The Balaban J connectivity index is 2.39. The summed E-state index contributed by atoms with van der Waals surface area (Å²) in [6, 6.07) is 7.71. The van der Waals surface area contributed by atoms with Gasteiger partial charge in [-0.15, -0.1) is 0 Å². The van der Waals surface area contributed by atoms with Crippen molar-refractivity contribution in [1.29, 1.82) is 0 Å². The summed E-state index contributed by atoms with van der Waals surface area (Å²) in [5, 5.41) is 5.62. The maximum atomic E-state index is 11.5. The Morgan fingerprint density at radius 2 is 2.15 bits per heavy atom. The molecule has 0 aliphatic rings. The lowest BCUT2D eigenvalue weighted by Crippen LogP contribution is -2.25. The molecule has 0 radical (unpaired) electrons. The maximum absolute atomic E-state index is 11.5. The van der Waals surface area contributed by atoms with Crippen molar-refractivity contribution >= 4 is 29.3 Å². The minimum atomic E-state index is -0.189. The summed E-state index contributed by atoms with van der Waals surface area (Å²) in [6.45, 7) is 0.290. The van der Waals surface area contributed by atoms with Crippen LogP contribution in [0.15, 0.2) is 24.3 Å². The molecule has 1 rings (SSSR count). The molecule has 0 aromatic heterocycles. The Labute approximate surface area is 123 Å². The van der Waals surface area contributed by atoms with Crippen LogP contribution in [0.3, 0.4) is 0 Å². The van der Waals surface area contributed by atoms with Crippen LogP contribution in [0.4, 0.5) is 5.69 Å². The third-order valence-electron chi connectivity index (χ3n) is 2.49. The quantitative estimate of drug-likeness (QED) is 0.564. The molecule has 1 aromatic rings. The van der Waals surface area contributed by atoms with Crippen molar-refractivity contribution in [3.8, 4) is 0 Å². The largest absolute Gasteiger partial charge is 0.469 e. The monoisotopic (exact) mass is 296 g/mol. The van der Waals surface area contributed by atoms with Crippen LogP contribution >= 0.6 is 11.8 Å². The van der Waals surface area contributed by atoms with Crippen molar-refractivity contribution in [2.24, 2.45) is 0 Å². The van der Waals surface area contributed by atoms with E-state index in [0.29, 0.717) is 6.42 Å². The van der Waals surface area contributed by atoms with Gasteiger partial charge in [0.25, 0.3) is 0 Å². The molecule has 5 nitrogen and oxygen atoms in total. The highest BCUT2D eigenvalue weighted by Gasteiger charge is 2.03. The van der Waals surface area contributed by atoms with E-state index in [2.05, 4.69) is 15.4 Å². The van der Waals surface area contributed by atoms with Gasteiger partial charge in [-0.2, -0.15) is 11.8 Å². The van der Waals surface area contributed by atoms with Gasteiger partial charge >= 0.3 is 5.97 Å². The first kappa shape index (κ1) is 16.5. The summed E-state index contributed by atoms with van der Waals surface area (Å²) in [5.41, 5.74) is 1.90. The summed E-state index contributed by atoms with van der Waals surface area (Å²) < 4.78 is 4.58. The van der Waals surface area contributed by atoms with Gasteiger partial charge < -0.3 is 15.4 Å². The van der Waals surface area contributed by atoms with E-state index in [0.717, 1.165) is 22.8 Å². The molecule has 0 unspecified atom stereocenters. The molecule has 0 bridgehead atoms. The zero-order chi connectivity index (χ0) is 14.8. The van der Waals surface area contributed by atoms with Gasteiger partial charge in [0.2, 0.25) is 5.91 Å². The number of methoxy groups -OCH3 is 1. The van der Waals surface area contributed by atoms with E-state index in [1.54, 1.807) is 18.8 Å². The molecule has 110 valence electrons. The third kappa shape index (κ3) is 6.58. The highest BCUT2D eigenvalue weighted by molar-refractivity contribution is 7.98. The van der Waals surface area contributed by atoms with Crippen LogP contribution in [0.2, 0.25) is 0 Å². The first-order chi connectivity index (χ1) is 9.65. The van der Waals surface area contributed by atoms with Gasteiger partial charge in [-0.1, -0.05) is 12.1 Å². The Bertz CT molecular complexity index is 452. The molecule has 0 spiro atoms. The van der Waals surface area contributed by atoms with Gasteiger partial charge in [0.05, 0.1) is 20.1 Å². The zero-order valence-electron chi connectivity index (χ0n) is 11.8. The maximum Gasteiger partial charge on any atom is 0.306 e. The summed E-state index contributed by atoms with van der Waals surface area (Å²) in [6.07, 6.45) is 0.416. The van der Waals surface area contributed by atoms with E-state index in [-0.39, 0.29) is 18.4 Å². The van der Waals surface area contributed by atoms with Crippen molar-refractivity contribution in [3.05, 3.63) is 29.8 Å². The van der Waals surface area contributed by atoms with Crippen LogP contribution in [0.1, 0.15) is 12.0 Å². The standard InChI is InChI=1S/C14H20N2O3S/c1-15-9-13(17)16-12-5-3-4-11(8-12)10-20-7-6-14(18)19-2/h3-5,8,15H,6-7,9-10H2,1-2H3,(H,16,17). The Morgan fingerprint density at radius 1 is 1.35 bits per heavy atom. The fourth-order valence-electron chi connectivity index (χ4n) is 1.55. The number of likely N-dealkylation sites (N-methyl/N-ethyl adjacent to an activating group) is 1. The lowest BCUT2D eigenvalue weighted by Gasteiger charge is -2.07. The third-order valence-corrected chi connectivity index (χ3v) is 3.53. The first-order valence-electron chi connectivity index (χ1n) is 6.33. The molecule has 20 heavy (non-hydrogen) atoms. The molecule has 6 heteroatoms. The van der Waals surface area contributed by atoms with Crippen molar-refractivity contribution < 1.29 is 14.3 Å².